The summed E-state index contributed by atoms with van der Waals surface area (Å²) in [5.41, 5.74) is -1.79. The second-order valence-electron chi connectivity index (χ2n) is 11.7. The largest absolute Gasteiger partial charge is 3.00 e. The second kappa shape index (κ2) is 21.2. The van der Waals surface area contributed by atoms with Crippen LogP contribution in [0.3, 0.4) is 0 Å². The van der Waals surface area contributed by atoms with E-state index in [0.717, 1.165) is 0 Å². The molecular weight excluding hydrogens is 597 g/mol. The molecular formula is C35H51N4O2Y. The van der Waals surface area contributed by atoms with Crippen LogP contribution in [0.2, 0.25) is 0 Å². The molecule has 0 N–H and O–H groups in total. The summed E-state index contributed by atoms with van der Waals surface area (Å²) in [6, 6.07) is 30.9. The molecule has 3 aromatic carbocycles. The van der Waals surface area contributed by atoms with Crippen LogP contribution in [-0.4, -0.2) is 20.3 Å². The fourth-order valence-electron chi connectivity index (χ4n) is 3.46. The standard InChI is InChI=1S/2C10H18N2O.3C5H5.Y/c2*1-9(2)12-6-5-11(8-12)7-10(3,4)13;3*1-2-4-5-3-1;/h2*5-6,8-9H,7H2,1-4H3;3*1-5H;/q;;3*-1;+3. The smallest absolute Gasteiger partial charge is 0.847 e. The molecule has 2 aromatic heterocycles. The van der Waals surface area contributed by atoms with Crippen molar-refractivity contribution in [3.63, 3.8) is 0 Å². The minimum Gasteiger partial charge on any atom is -0.847 e. The Morgan fingerprint density at radius 2 is 0.833 bits per heavy atom. The first-order valence-corrected chi connectivity index (χ1v) is 14.3. The normalized spacial score (nSPS) is 10.6. The predicted octanol–water partition coefficient (Wildman–Crippen LogP) is 5.20. The Kier molecular flexibility index (Phi) is 20.0. The number of hydrogen-bond acceptors (Lipinski definition) is 2. The number of hydrogen-bond donors (Lipinski definition) is 0. The number of imidazole rings is 2. The maximum atomic E-state index is 11.4. The van der Waals surface area contributed by atoms with Crippen molar-refractivity contribution in [1.29, 1.82) is 0 Å². The molecule has 5 aromatic rings. The van der Waals surface area contributed by atoms with E-state index in [2.05, 4.69) is 36.8 Å². The minimum atomic E-state index is -0.895. The Bertz CT molecular complexity index is 1030. The predicted molar refractivity (Wildman–Crippen MR) is 164 cm³/mol. The Morgan fingerprint density at radius 3 is 0.976 bits per heavy atom. The molecule has 0 bridgehead atoms. The van der Waals surface area contributed by atoms with Crippen LogP contribution in [0.5, 0.6) is 0 Å². The molecule has 2 heterocycles. The molecule has 6 nitrogen and oxygen atoms in total. The van der Waals surface area contributed by atoms with Crippen molar-refractivity contribution in [2.24, 2.45) is 0 Å². The zero-order valence-electron chi connectivity index (χ0n) is 26.9. The number of aromatic nitrogens is 4. The van der Waals surface area contributed by atoms with Gasteiger partial charge in [-0.1, -0.05) is 38.9 Å². The molecule has 0 unspecified atom stereocenters. The fraction of sp³-hybridized carbons (Fsp3) is 0.400. The monoisotopic (exact) mass is 648 g/mol. The molecule has 0 aliphatic carbocycles. The summed E-state index contributed by atoms with van der Waals surface area (Å²) in [5.74, 6) is 0. The average Bonchev–Trinajstić information content (AvgIpc) is 3.71. The maximum Gasteiger partial charge on any atom is 3.00 e. The van der Waals surface area contributed by atoms with Crippen LogP contribution in [0.4, 0.5) is 0 Å². The maximum absolute atomic E-state index is 11.4. The first kappa shape index (κ1) is 39.5. The van der Waals surface area contributed by atoms with Gasteiger partial charge in [-0.2, -0.15) is 54.6 Å². The third-order valence-corrected chi connectivity index (χ3v) is 5.41. The van der Waals surface area contributed by atoms with Crippen molar-refractivity contribution >= 4 is 0 Å². The molecule has 0 saturated carbocycles. The first-order chi connectivity index (χ1) is 19.3. The van der Waals surface area contributed by atoms with Crippen molar-refractivity contribution in [3.8, 4) is 0 Å². The zero-order chi connectivity index (χ0) is 30.7. The molecule has 0 aliphatic rings. The molecule has 0 radical (unpaired) electrons. The molecule has 7 heteroatoms. The van der Waals surface area contributed by atoms with Gasteiger partial charge in [0.1, 0.15) is 24.8 Å². The van der Waals surface area contributed by atoms with Crippen LogP contribution in [0.15, 0.2) is 128 Å². The van der Waals surface area contributed by atoms with E-state index in [-0.39, 0.29) is 32.7 Å². The van der Waals surface area contributed by atoms with Crippen molar-refractivity contribution in [2.75, 3.05) is 0 Å². The summed E-state index contributed by atoms with van der Waals surface area (Å²) in [7, 11) is 0. The van der Waals surface area contributed by atoms with E-state index < -0.39 is 11.2 Å². The van der Waals surface area contributed by atoms with Crippen molar-refractivity contribution in [3.05, 3.63) is 128 Å². The van der Waals surface area contributed by atoms with Gasteiger partial charge in [-0.15, -0.1) is 0 Å². The van der Waals surface area contributed by atoms with Crippen molar-refractivity contribution in [2.45, 2.75) is 91.8 Å². The summed E-state index contributed by atoms with van der Waals surface area (Å²) in [5, 5.41) is 22.8. The van der Waals surface area contributed by atoms with Gasteiger partial charge in [0.15, 0.2) is 0 Å². The van der Waals surface area contributed by atoms with Crippen LogP contribution < -0.4 is 19.3 Å². The van der Waals surface area contributed by atoms with Crippen LogP contribution in [0.25, 0.3) is 0 Å². The fourth-order valence-corrected chi connectivity index (χ4v) is 3.46. The van der Waals surface area contributed by atoms with Gasteiger partial charge in [-0.25, -0.2) is 54.7 Å². The molecule has 5 rings (SSSR count). The molecule has 0 amide bonds. The molecule has 0 atom stereocenters. The first-order valence-electron chi connectivity index (χ1n) is 14.3. The third-order valence-electron chi connectivity index (χ3n) is 5.41. The van der Waals surface area contributed by atoms with Gasteiger partial charge in [0.25, 0.3) is 0 Å². The van der Waals surface area contributed by atoms with E-state index in [1.165, 1.54) is 0 Å². The van der Waals surface area contributed by atoms with E-state index in [4.69, 9.17) is 0 Å². The number of nitrogens with zero attached hydrogens (tertiary/aromatic N) is 4. The third kappa shape index (κ3) is 21.2. The summed E-state index contributed by atoms with van der Waals surface area (Å²) in [6.45, 7) is 16.3. The summed E-state index contributed by atoms with van der Waals surface area (Å²) >= 11 is 0. The van der Waals surface area contributed by atoms with Crippen LogP contribution in [0.1, 0.15) is 67.5 Å². The van der Waals surface area contributed by atoms with E-state index in [1.54, 1.807) is 27.7 Å². The van der Waals surface area contributed by atoms with Gasteiger partial charge in [0, 0.05) is 0 Å². The molecule has 42 heavy (non-hydrogen) atoms. The van der Waals surface area contributed by atoms with Crippen LogP contribution in [0, 0.1) is 0 Å². The molecule has 0 aliphatic heterocycles. The zero-order valence-corrected chi connectivity index (χ0v) is 29.7. The summed E-state index contributed by atoms with van der Waals surface area (Å²) in [4.78, 5) is 0. The second-order valence-corrected chi connectivity index (χ2v) is 11.7. The van der Waals surface area contributed by atoms with E-state index in [0.29, 0.717) is 25.2 Å². The Morgan fingerprint density at radius 1 is 0.571 bits per heavy atom. The molecule has 0 saturated heterocycles. The van der Waals surface area contributed by atoms with Crippen molar-refractivity contribution < 1.29 is 52.1 Å². The minimum absolute atomic E-state index is 0. The van der Waals surface area contributed by atoms with Gasteiger partial charge >= 0.3 is 32.7 Å². The Balaban J connectivity index is 0.000000534. The Hall–Kier alpha value is -2.51. The molecule has 0 fully saturated rings. The SMILES string of the molecule is CC(C)n1cc[n+](CC(C)(C)[O-])c1.CC(C)n1cc[n+](CC(C)(C)[O-])c1.[Y+3].c1cc[cH-]c1.c1cc[cH-]c1.c1cc[cH-]c1. The van der Waals surface area contributed by atoms with Gasteiger partial charge in [-0.05, 0) is 27.7 Å². The topological polar surface area (TPSA) is 63.7 Å². The van der Waals surface area contributed by atoms with Gasteiger partial charge in [0.05, 0.1) is 25.2 Å². The van der Waals surface area contributed by atoms with Gasteiger partial charge in [-0.3, -0.25) is 0 Å². The van der Waals surface area contributed by atoms with E-state index in [1.807, 2.05) is 138 Å². The molecule has 226 valence electrons. The van der Waals surface area contributed by atoms with Gasteiger partial charge < -0.3 is 10.2 Å². The van der Waals surface area contributed by atoms with Crippen LogP contribution in [-0.2, 0) is 45.8 Å². The number of rotatable bonds is 6. The Labute approximate surface area is 279 Å². The van der Waals surface area contributed by atoms with E-state index >= 15 is 0 Å². The van der Waals surface area contributed by atoms with E-state index in [9.17, 15) is 10.2 Å². The van der Waals surface area contributed by atoms with Crippen molar-refractivity contribution in [1.82, 2.24) is 9.13 Å². The summed E-state index contributed by atoms with van der Waals surface area (Å²) < 4.78 is 8.05. The quantitative estimate of drug-likeness (QED) is 0.188. The van der Waals surface area contributed by atoms with Crippen LogP contribution >= 0.6 is 0 Å². The summed E-state index contributed by atoms with van der Waals surface area (Å²) in [6.07, 6.45) is 11.8. The average molecular weight is 649 g/mol. The van der Waals surface area contributed by atoms with Gasteiger partial charge in [0.2, 0.25) is 12.7 Å². The molecule has 0 spiro atoms.